The Hall–Kier alpha value is -1.98. The van der Waals surface area contributed by atoms with E-state index in [1.807, 2.05) is 6.07 Å². The minimum absolute atomic E-state index is 0.00828. The van der Waals surface area contributed by atoms with E-state index in [1.54, 1.807) is 40.9 Å². The van der Waals surface area contributed by atoms with Crippen LogP contribution in [0.3, 0.4) is 0 Å². The van der Waals surface area contributed by atoms with Crippen molar-refractivity contribution in [3.63, 3.8) is 0 Å². The number of carbonyl (C=O) groups is 1. The van der Waals surface area contributed by atoms with Gasteiger partial charge in [-0.1, -0.05) is 53.2 Å². The molecule has 3 rings (SSSR count). The van der Waals surface area contributed by atoms with Crippen molar-refractivity contribution in [3.05, 3.63) is 64.7 Å². The summed E-state index contributed by atoms with van der Waals surface area (Å²) in [5.41, 5.74) is 2.46. The number of benzene rings is 2. The number of aryl methyl sites for hydroxylation is 1. The van der Waals surface area contributed by atoms with Crippen molar-refractivity contribution in [2.45, 2.75) is 12.7 Å². The summed E-state index contributed by atoms with van der Waals surface area (Å²) in [7, 11) is 0. The number of hydrogen-bond donors (Lipinski definition) is 0. The Kier molecular flexibility index (Phi) is 6.00. The lowest BCUT2D eigenvalue weighted by atomic mass is 10.2. The largest absolute Gasteiger partial charge is 0.484 e. The Balaban J connectivity index is 1.53. The summed E-state index contributed by atoms with van der Waals surface area (Å²) < 4.78 is 5.55. The van der Waals surface area contributed by atoms with Gasteiger partial charge in [-0.3, -0.25) is 14.7 Å². The Bertz CT molecular complexity index is 777. The third kappa shape index (κ3) is 5.00. The van der Waals surface area contributed by atoms with E-state index in [1.165, 1.54) is 11.1 Å². The molecule has 0 aliphatic carbocycles. The highest BCUT2D eigenvalue weighted by atomic mass is 35.5. The third-order valence-electron chi connectivity index (χ3n) is 3.73. The Morgan fingerprint density at radius 1 is 1.28 bits per heavy atom. The van der Waals surface area contributed by atoms with Gasteiger partial charge in [0.15, 0.2) is 11.8 Å². The van der Waals surface area contributed by atoms with E-state index in [9.17, 15) is 4.79 Å². The van der Waals surface area contributed by atoms with E-state index in [4.69, 9.17) is 16.3 Å². The zero-order chi connectivity index (χ0) is 17.6. The van der Waals surface area contributed by atoms with Crippen LogP contribution in [0.5, 0.6) is 5.75 Å². The van der Waals surface area contributed by atoms with Crippen LogP contribution in [0.25, 0.3) is 0 Å². The van der Waals surface area contributed by atoms with Crippen LogP contribution in [0.4, 0.5) is 0 Å². The fraction of sp³-hybridized carbons (Fsp3) is 0.263. The zero-order valence-corrected chi connectivity index (χ0v) is 15.5. The van der Waals surface area contributed by atoms with Crippen LogP contribution in [0.1, 0.15) is 11.1 Å². The lowest BCUT2D eigenvalue weighted by Crippen LogP contribution is -2.36. The van der Waals surface area contributed by atoms with Gasteiger partial charge in [-0.05, 0) is 36.8 Å². The van der Waals surface area contributed by atoms with Gasteiger partial charge in [-0.15, -0.1) is 0 Å². The first-order valence-electron chi connectivity index (χ1n) is 8.03. The van der Waals surface area contributed by atoms with Crippen LogP contribution in [0.15, 0.2) is 53.5 Å². The summed E-state index contributed by atoms with van der Waals surface area (Å²) in [6, 6.07) is 15.3. The van der Waals surface area contributed by atoms with Gasteiger partial charge in [0.05, 0.1) is 6.54 Å². The van der Waals surface area contributed by atoms with E-state index < -0.39 is 0 Å². The van der Waals surface area contributed by atoms with Gasteiger partial charge in [0.1, 0.15) is 5.75 Å². The number of amidine groups is 1. The number of halogens is 1. The van der Waals surface area contributed by atoms with Gasteiger partial charge < -0.3 is 4.74 Å². The first kappa shape index (κ1) is 17.8. The molecule has 1 aliphatic rings. The summed E-state index contributed by atoms with van der Waals surface area (Å²) in [4.78, 5) is 18.6. The Morgan fingerprint density at radius 3 is 2.84 bits per heavy atom. The predicted molar refractivity (Wildman–Crippen MR) is 103 cm³/mol. The summed E-state index contributed by atoms with van der Waals surface area (Å²) >= 11 is 7.43. The predicted octanol–water partition coefficient (Wildman–Crippen LogP) is 4.16. The molecule has 0 unspecified atom stereocenters. The van der Waals surface area contributed by atoms with Crippen LogP contribution < -0.4 is 4.74 Å². The molecule has 0 saturated heterocycles. The molecule has 0 N–H and O–H groups in total. The number of nitrogens with zero attached hydrogens (tertiary/aromatic N) is 2. The van der Waals surface area contributed by atoms with Crippen molar-refractivity contribution in [1.29, 1.82) is 0 Å². The van der Waals surface area contributed by atoms with E-state index in [0.29, 0.717) is 23.9 Å². The van der Waals surface area contributed by atoms with E-state index in [0.717, 1.165) is 10.9 Å². The highest BCUT2D eigenvalue weighted by Gasteiger charge is 2.24. The minimum Gasteiger partial charge on any atom is -0.484 e. The van der Waals surface area contributed by atoms with Crippen LogP contribution in [-0.2, 0) is 10.5 Å². The number of hydrogen-bond acceptors (Lipinski definition) is 4. The van der Waals surface area contributed by atoms with Crippen LogP contribution in [-0.4, -0.2) is 35.7 Å². The van der Waals surface area contributed by atoms with Gasteiger partial charge in [0.2, 0.25) is 0 Å². The van der Waals surface area contributed by atoms with Crippen molar-refractivity contribution >= 4 is 34.4 Å². The van der Waals surface area contributed by atoms with E-state index in [2.05, 4.69) is 30.1 Å². The molecular weight excluding hydrogens is 356 g/mol. The van der Waals surface area contributed by atoms with Gasteiger partial charge in [0, 0.05) is 17.3 Å². The molecule has 2 aromatic rings. The molecular formula is C19H19ClN2O2S. The van der Waals surface area contributed by atoms with Gasteiger partial charge in [-0.25, -0.2) is 0 Å². The second-order valence-electron chi connectivity index (χ2n) is 5.73. The monoisotopic (exact) mass is 374 g/mol. The minimum atomic E-state index is -0.0806. The fourth-order valence-electron chi connectivity index (χ4n) is 2.49. The topological polar surface area (TPSA) is 41.9 Å². The molecule has 1 aliphatic heterocycles. The molecule has 0 saturated carbocycles. The maximum absolute atomic E-state index is 12.4. The van der Waals surface area contributed by atoms with Crippen molar-refractivity contribution in [3.8, 4) is 5.75 Å². The van der Waals surface area contributed by atoms with Crippen LogP contribution >= 0.6 is 23.4 Å². The van der Waals surface area contributed by atoms with Crippen LogP contribution in [0, 0.1) is 6.92 Å². The van der Waals surface area contributed by atoms with Gasteiger partial charge in [-0.2, -0.15) is 0 Å². The number of ether oxygens (including phenoxy) is 1. The normalized spacial score (nSPS) is 13.7. The lowest BCUT2D eigenvalue weighted by Gasteiger charge is -2.18. The molecule has 4 nitrogen and oxygen atoms in total. The van der Waals surface area contributed by atoms with Crippen LogP contribution in [0.2, 0.25) is 5.02 Å². The van der Waals surface area contributed by atoms with E-state index in [-0.39, 0.29) is 12.5 Å². The zero-order valence-electron chi connectivity index (χ0n) is 13.9. The number of thioether (sulfide) groups is 1. The van der Waals surface area contributed by atoms with E-state index >= 15 is 0 Å². The van der Waals surface area contributed by atoms with Crippen molar-refractivity contribution in [2.24, 2.45) is 4.99 Å². The highest BCUT2D eigenvalue weighted by Crippen LogP contribution is 2.21. The van der Waals surface area contributed by atoms with Gasteiger partial charge >= 0.3 is 0 Å². The summed E-state index contributed by atoms with van der Waals surface area (Å²) in [5, 5.41) is 1.41. The molecule has 6 heteroatoms. The standard InChI is InChI=1S/C19H19ClN2O2S/c1-14-3-2-4-15(11-14)13-25-19-21-9-10-22(19)18(23)12-24-17-7-5-16(20)6-8-17/h2-8,11H,9-10,12-13H2,1H3. The number of carbonyl (C=O) groups excluding carboxylic acids is 1. The summed E-state index contributed by atoms with van der Waals surface area (Å²) in [6.45, 7) is 3.32. The van der Waals surface area contributed by atoms with Crippen molar-refractivity contribution in [1.82, 2.24) is 4.90 Å². The average molecular weight is 375 g/mol. The molecule has 0 spiro atoms. The number of rotatable bonds is 5. The first-order valence-corrected chi connectivity index (χ1v) is 9.40. The average Bonchev–Trinajstić information content (AvgIpc) is 3.08. The van der Waals surface area contributed by atoms with Crippen molar-refractivity contribution < 1.29 is 9.53 Å². The molecule has 0 bridgehead atoms. The quantitative estimate of drug-likeness (QED) is 0.789. The second kappa shape index (κ2) is 8.41. The SMILES string of the molecule is Cc1cccc(CSC2=NCCN2C(=O)COc2ccc(Cl)cc2)c1. The Labute approximate surface area is 156 Å². The lowest BCUT2D eigenvalue weighted by molar-refractivity contribution is -0.128. The first-order chi connectivity index (χ1) is 12.1. The molecule has 2 aromatic carbocycles. The molecule has 1 heterocycles. The summed E-state index contributed by atoms with van der Waals surface area (Å²) in [5.74, 6) is 1.34. The molecule has 0 aromatic heterocycles. The maximum atomic E-state index is 12.4. The maximum Gasteiger partial charge on any atom is 0.266 e. The second-order valence-corrected chi connectivity index (χ2v) is 7.11. The highest BCUT2D eigenvalue weighted by molar-refractivity contribution is 8.13. The Morgan fingerprint density at radius 2 is 2.08 bits per heavy atom. The van der Waals surface area contributed by atoms with Crippen molar-refractivity contribution in [2.75, 3.05) is 19.7 Å². The fourth-order valence-corrected chi connectivity index (χ4v) is 3.62. The molecule has 0 radical (unpaired) electrons. The molecule has 0 fully saturated rings. The summed E-state index contributed by atoms with van der Waals surface area (Å²) in [6.07, 6.45) is 0. The smallest absolute Gasteiger partial charge is 0.266 e. The number of amides is 1. The van der Waals surface area contributed by atoms with Gasteiger partial charge in [0.25, 0.3) is 5.91 Å². The third-order valence-corrected chi connectivity index (χ3v) is 5.07. The molecule has 1 amide bonds. The molecule has 130 valence electrons. The molecule has 0 atom stereocenters. The number of aliphatic imine (C=N–C) groups is 1. The molecule has 25 heavy (non-hydrogen) atoms.